The number of carbonyl (C=O) groups excluding carboxylic acids is 4. The summed E-state index contributed by atoms with van der Waals surface area (Å²) in [6, 6.07) is 34.3. The third-order valence-corrected chi connectivity index (χ3v) is 7.61. The molecule has 0 saturated carbocycles. The predicted octanol–water partition coefficient (Wildman–Crippen LogP) is 6.71. The summed E-state index contributed by atoms with van der Waals surface area (Å²) in [6.45, 7) is 2.41. The normalized spacial score (nSPS) is 12.5. The fraction of sp³-hybridized carbons (Fsp3) is 0.111. The Morgan fingerprint density at radius 2 is 1.26 bits per heavy atom. The zero-order chi connectivity index (χ0) is 29.2. The summed E-state index contributed by atoms with van der Waals surface area (Å²) in [5.41, 5.74) is 4.26. The molecule has 6 nitrogen and oxygen atoms in total. The Kier molecular flexibility index (Phi) is 7.19. The fourth-order valence-corrected chi connectivity index (χ4v) is 5.49. The van der Waals surface area contributed by atoms with E-state index < -0.39 is 0 Å². The second-order valence-corrected chi connectivity index (χ2v) is 10.4. The molecule has 206 valence electrons. The van der Waals surface area contributed by atoms with Crippen molar-refractivity contribution in [1.29, 1.82) is 0 Å². The summed E-state index contributed by atoms with van der Waals surface area (Å²) in [5, 5.41) is 1.55. The van der Waals surface area contributed by atoms with Gasteiger partial charge in [0.25, 0.3) is 17.7 Å². The molecule has 1 aliphatic rings. The van der Waals surface area contributed by atoms with Crippen LogP contribution < -0.4 is 4.90 Å². The number of amides is 3. The third-order valence-electron chi connectivity index (χ3n) is 7.61. The Hall–Kier alpha value is -5.36. The molecule has 5 aromatic carbocycles. The van der Waals surface area contributed by atoms with Gasteiger partial charge in [-0.05, 0) is 60.7 Å². The third kappa shape index (κ3) is 4.99. The van der Waals surface area contributed by atoms with Gasteiger partial charge in [-0.1, -0.05) is 78.9 Å². The van der Waals surface area contributed by atoms with E-state index in [-0.39, 0.29) is 36.6 Å². The van der Waals surface area contributed by atoms with Crippen LogP contribution in [-0.4, -0.2) is 41.5 Å². The van der Waals surface area contributed by atoms with Gasteiger partial charge in [0.2, 0.25) is 0 Å². The van der Waals surface area contributed by atoms with Crippen LogP contribution in [0.25, 0.3) is 10.8 Å². The summed E-state index contributed by atoms with van der Waals surface area (Å²) in [6.07, 6.45) is 0.389. The molecule has 0 N–H and O–H groups in total. The minimum Gasteiger partial charge on any atom is -0.308 e. The number of imide groups is 1. The van der Waals surface area contributed by atoms with Gasteiger partial charge in [-0.25, -0.2) is 0 Å². The van der Waals surface area contributed by atoms with E-state index in [0.29, 0.717) is 39.6 Å². The average Bonchev–Trinajstić information content (AvgIpc) is 3.03. The first kappa shape index (κ1) is 26.8. The number of hydrogen-bond donors (Lipinski definition) is 0. The first-order valence-electron chi connectivity index (χ1n) is 13.9. The van der Waals surface area contributed by atoms with E-state index in [9.17, 15) is 19.2 Å². The molecule has 0 aliphatic carbocycles. The highest BCUT2D eigenvalue weighted by Crippen LogP contribution is 2.30. The first-order chi connectivity index (χ1) is 20.4. The number of hydrogen-bond acceptors (Lipinski definition) is 4. The van der Waals surface area contributed by atoms with Crippen LogP contribution >= 0.6 is 0 Å². The van der Waals surface area contributed by atoms with Gasteiger partial charge < -0.3 is 4.90 Å². The Morgan fingerprint density at radius 3 is 1.90 bits per heavy atom. The smallest absolute Gasteiger partial charge is 0.261 e. The molecule has 0 atom stereocenters. The molecular formula is C36H28N2O4. The monoisotopic (exact) mass is 552 g/mol. The molecule has 0 radical (unpaired) electrons. The van der Waals surface area contributed by atoms with Crippen LogP contribution in [-0.2, 0) is 0 Å². The highest BCUT2D eigenvalue weighted by Gasteiger charge is 2.32. The van der Waals surface area contributed by atoms with Crippen molar-refractivity contribution in [2.75, 3.05) is 18.0 Å². The quantitative estimate of drug-likeness (QED) is 0.158. The van der Waals surface area contributed by atoms with Crippen molar-refractivity contribution in [3.05, 3.63) is 149 Å². The van der Waals surface area contributed by atoms with Crippen molar-refractivity contribution in [3.63, 3.8) is 0 Å². The lowest BCUT2D eigenvalue weighted by Gasteiger charge is -2.29. The molecule has 1 heterocycles. The zero-order valence-electron chi connectivity index (χ0n) is 23.1. The summed E-state index contributed by atoms with van der Waals surface area (Å²) in [4.78, 5) is 56.3. The van der Waals surface area contributed by atoms with Crippen LogP contribution in [0.1, 0.15) is 59.0 Å². The van der Waals surface area contributed by atoms with Crippen molar-refractivity contribution in [1.82, 2.24) is 4.90 Å². The van der Waals surface area contributed by atoms with E-state index in [1.807, 2.05) is 73.7 Å². The molecule has 0 unspecified atom stereocenters. The van der Waals surface area contributed by atoms with Gasteiger partial charge in [-0.15, -0.1) is 0 Å². The molecule has 42 heavy (non-hydrogen) atoms. The lowest BCUT2D eigenvalue weighted by Crippen LogP contribution is -2.42. The number of benzene rings is 5. The second-order valence-electron chi connectivity index (χ2n) is 10.4. The van der Waals surface area contributed by atoms with Crippen LogP contribution in [0.4, 0.5) is 5.69 Å². The Labute approximate surface area is 243 Å². The minimum atomic E-state index is -0.323. The molecule has 6 rings (SSSR count). The van der Waals surface area contributed by atoms with Gasteiger partial charge in [0.1, 0.15) is 0 Å². The van der Waals surface area contributed by atoms with Gasteiger partial charge in [-0.2, -0.15) is 0 Å². The summed E-state index contributed by atoms with van der Waals surface area (Å²) < 4.78 is 0. The predicted molar refractivity (Wildman–Crippen MR) is 163 cm³/mol. The Balaban J connectivity index is 1.22. The standard InChI is InChI=1S/C36H28N2O4/c1-24-9-5-14-29(23-24)37(34(40)28-19-17-27(18-20-28)33(39)26-10-3-2-4-11-26)21-8-22-38-35(41)30-15-6-12-25-13-7-16-31(32(25)30)36(38)42/h2-7,9-20,23H,8,21-22H2,1H3. The number of ketones is 1. The lowest BCUT2D eigenvalue weighted by molar-refractivity contribution is 0.0609. The van der Waals surface area contributed by atoms with Crippen molar-refractivity contribution >= 4 is 40.0 Å². The molecule has 5 aromatic rings. The van der Waals surface area contributed by atoms with Crippen molar-refractivity contribution in [3.8, 4) is 0 Å². The minimum absolute atomic E-state index is 0.113. The fourth-order valence-electron chi connectivity index (χ4n) is 5.49. The Bertz CT molecular complexity index is 1790. The van der Waals surface area contributed by atoms with Gasteiger partial charge in [0, 0.05) is 52.0 Å². The Morgan fingerprint density at radius 1 is 0.667 bits per heavy atom. The van der Waals surface area contributed by atoms with E-state index in [4.69, 9.17) is 0 Å². The van der Waals surface area contributed by atoms with Gasteiger partial charge >= 0.3 is 0 Å². The summed E-state index contributed by atoms with van der Waals surface area (Å²) >= 11 is 0. The molecule has 0 spiro atoms. The molecule has 0 saturated heterocycles. The number of carbonyl (C=O) groups is 4. The van der Waals surface area contributed by atoms with Gasteiger partial charge in [0.05, 0.1) is 0 Å². The van der Waals surface area contributed by atoms with Crippen LogP contribution in [0.15, 0.2) is 115 Å². The van der Waals surface area contributed by atoms with E-state index in [0.717, 1.165) is 16.6 Å². The van der Waals surface area contributed by atoms with E-state index >= 15 is 0 Å². The van der Waals surface area contributed by atoms with Crippen LogP contribution in [0.3, 0.4) is 0 Å². The lowest BCUT2D eigenvalue weighted by atomic mass is 9.94. The second kappa shape index (κ2) is 11.3. The number of nitrogens with zero attached hydrogens (tertiary/aromatic N) is 2. The number of aryl methyl sites for hydroxylation is 1. The maximum atomic E-state index is 13.8. The van der Waals surface area contributed by atoms with Crippen LogP contribution in [0.5, 0.6) is 0 Å². The zero-order valence-corrected chi connectivity index (χ0v) is 23.1. The molecule has 0 bridgehead atoms. The summed E-state index contributed by atoms with van der Waals surface area (Å²) in [5.74, 6) is -0.989. The van der Waals surface area contributed by atoms with Gasteiger partial charge in [-0.3, -0.25) is 24.1 Å². The van der Waals surface area contributed by atoms with Crippen LogP contribution in [0, 0.1) is 6.92 Å². The SMILES string of the molecule is Cc1cccc(N(CCCN2C(=O)c3cccc4cccc(c34)C2=O)C(=O)c2ccc(C(=O)c3ccccc3)cc2)c1. The molecule has 0 fully saturated rings. The molecule has 3 amide bonds. The molecule has 0 aromatic heterocycles. The maximum absolute atomic E-state index is 13.8. The van der Waals surface area contributed by atoms with Crippen molar-refractivity contribution in [2.45, 2.75) is 13.3 Å². The highest BCUT2D eigenvalue weighted by atomic mass is 16.2. The topological polar surface area (TPSA) is 74.8 Å². The molecular weight excluding hydrogens is 524 g/mol. The molecule has 1 aliphatic heterocycles. The largest absolute Gasteiger partial charge is 0.308 e. The number of anilines is 1. The van der Waals surface area contributed by atoms with E-state index in [1.165, 1.54) is 4.90 Å². The number of rotatable bonds is 8. The highest BCUT2D eigenvalue weighted by molar-refractivity contribution is 6.25. The van der Waals surface area contributed by atoms with Crippen molar-refractivity contribution < 1.29 is 19.2 Å². The van der Waals surface area contributed by atoms with Crippen LogP contribution in [0.2, 0.25) is 0 Å². The van der Waals surface area contributed by atoms with Crippen molar-refractivity contribution in [2.24, 2.45) is 0 Å². The molecule has 6 heteroatoms. The summed E-state index contributed by atoms with van der Waals surface area (Å²) in [7, 11) is 0. The van der Waals surface area contributed by atoms with E-state index in [2.05, 4.69) is 0 Å². The van der Waals surface area contributed by atoms with Gasteiger partial charge in [0.15, 0.2) is 5.78 Å². The maximum Gasteiger partial charge on any atom is 0.261 e. The average molecular weight is 553 g/mol. The first-order valence-corrected chi connectivity index (χ1v) is 13.9. The van der Waals surface area contributed by atoms with E-state index in [1.54, 1.807) is 53.4 Å².